The van der Waals surface area contributed by atoms with Crippen molar-refractivity contribution in [3.63, 3.8) is 0 Å². The summed E-state index contributed by atoms with van der Waals surface area (Å²) in [5.41, 5.74) is 2.65. The van der Waals surface area contributed by atoms with E-state index in [1.54, 1.807) is 0 Å². The molecule has 0 spiro atoms. The molecule has 1 aromatic carbocycles. The maximum atomic E-state index is 5.55. The number of guanidine groups is 1. The van der Waals surface area contributed by atoms with Crippen LogP contribution < -0.4 is 10.6 Å². The van der Waals surface area contributed by atoms with Gasteiger partial charge >= 0.3 is 0 Å². The Bertz CT molecular complexity index is 566. The van der Waals surface area contributed by atoms with Crippen molar-refractivity contribution < 1.29 is 4.74 Å². The van der Waals surface area contributed by atoms with Crippen LogP contribution in [0, 0.1) is 6.92 Å². The number of hydrogen-bond donors (Lipinski definition) is 2. The van der Waals surface area contributed by atoms with E-state index in [9.17, 15) is 0 Å². The number of aliphatic imine (C=N–C) groups is 1. The first kappa shape index (κ1) is 19.5. The number of thioether (sulfide) groups is 1. The molecule has 0 saturated carbocycles. The van der Waals surface area contributed by atoms with Gasteiger partial charge in [-0.3, -0.25) is 9.89 Å². The smallest absolute Gasteiger partial charge is 0.191 e. The lowest BCUT2D eigenvalue weighted by molar-refractivity contribution is 0.0170. The fraction of sp³-hybridized carbons (Fsp3) is 0.650. The van der Waals surface area contributed by atoms with Crippen LogP contribution >= 0.6 is 11.8 Å². The summed E-state index contributed by atoms with van der Waals surface area (Å²) < 4.78 is 5.55. The Kier molecular flexibility index (Phi) is 7.65. The SMILES string of the molecule is CN=C(NCC1CCCS1)NCC(c1ccc(C)cc1)N1CCOCC1. The summed E-state index contributed by atoms with van der Waals surface area (Å²) in [6.45, 7) is 7.56. The number of rotatable bonds is 6. The zero-order chi connectivity index (χ0) is 18.2. The maximum absolute atomic E-state index is 5.55. The molecule has 2 saturated heterocycles. The van der Waals surface area contributed by atoms with Gasteiger partial charge in [0.25, 0.3) is 0 Å². The Labute approximate surface area is 162 Å². The molecule has 5 nitrogen and oxygen atoms in total. The van der Waals surface area contributed by atoms with E-state index in [0.29, 0.717) is 6.04 Å². The topological polar surface area (TPSA) is 48.9 Å². The average molecular weight is 377 g/mol. The van der Waals surface area contributed by atoms with Crippen LogP contribution in [0.25, 0.3) is 0 Å². The van der Waals surface area contributed by atoms with Gasteiger partial charge in [0.1, 0.15) is 0 Å². The molecule has 0 aromatic heterocycles. The number of morpholine rings is 1. The van der Waals surface area contributed by atoms with Crippen LogP contribution in [-0.2, 0) is 4.74 Å². The average Bonchev–Trinajstić information content (AvgIpc) is 3.20. The zero-order valence-electron chi connectivity index (χ0n) is 16.0. The molecule has 0 bridgehead atoms. The van der Waals surface area contributed by atoms with Crippen molar-refractivity contribution in [2.45, 2.75) is 31.1 Å². The van der Waals surface area contributed by atoms with Crippen molar-refractivity contribution >= 4 is 17.7 Å². The number of nitrogens with zero attached hydrogens (tertiary/aromatic N) is 2. The molecular formula is C20H32N4OS. The van der Waals surface area contributed by atoms with Crippen molar-refractivity contribution in [3.8, 4) is 0 Å². The highest BCUT2D eigenvalue weighted by Gasteiger charge is 2.23. The van der Waals surface area contributed by atoms with Gasteiger partial charge in [-0.15, -0.1) is 0 Å². The minimum absolute atomic E-state index is 0.332. The highest BCUT2D eigenvalue weighted by Crippen LogP contribution is 2.25. The molecule has 2 N–H and O–H groups in total. The number of benzene rings is 1. The largest absolute Gasteiger partial charge is 0.379 e. The van der Waals surface area contributed by atoms with E-state index in [-0.39, 0.29) is 0 Å². The third-order valence-electron chi connectivity index (χ3n) is 5.16. The fourth-order valence-corrected chi connectivity index (χ4v) is 4.77. The van der Waals surface area contributed by atoms with Crippen molar-refractivity contribution in [1.29, 1.82) is 0 Å². The molecule has 2 atom stereocenters. The Morgan fingerprint density at radius 2 is 2.04 bits per heavy atom. The predicted molar refractivity (Wildman–Crippen MR) is 111 cm³/mol. The molecule has 26 heavy (non-hydrogen) atoms. The van der Waals surface area contributed by atoms with Crippen LogP contribution in [0.5, 0.6) is 0 Å². The normalized spacial score (nSPS) is 23.0. The minimum atomic E-state index is 0.332. The van der Waals surface area contributed by atoms with Crippen LogP contribution in [-0.4, -0.2) is 68.3 Å². The van der Waals surface area contributed by atoms with E-state index >= 15 is 0 Å². The molecule has 0 amide bonds. The molecule has 144 valence electrons. The number of ether oxygens (including phenoxy) is 1. The minimum Gasteiger partial charge on any atom is -0.379 e. The monoisotopic (exact) mass is 376 g/mol. The second-order valence-corrected chi connectivity index (χ2v) is 8.45. The van der Waals surface area contributed by atoms with Gasteiger partial charge in [-0.05, 0) is 31.1 Å². The van der Waals surface area contributed by atoms with Gasteiger partial charge in [0.05, 0.1) is 19.3 Å². The maximum Gasteiger partial charge on any atom is 0.191 e. The highest BCUT2D eigenvalue weighted by atomic mass is 32.2. The fourth-order valence-electron chi connectivity index (χ4n) is 3.57. The predicted octanol–water partition coefficient (Wildman–Crippen LogP) is 2.43. The molecule has 0 aliphatic carbocycles. The van der Waals surface area contributed by atoms with E-state index in [2.05, 4.69) is 63.5 Å². The van der Waals surface area contributed by atoms with Crippen LogP contribution in [0.1, 0.15) is 30.0 Å². The molecule has 2 heterocycles. The first-order valence-electron chi connectivity index (χ1n) is 9.71. The van der Waals surface area contributed by atoms with Crippen molar-refractivity contribution in [2.75, 3.05) is 52.2 Å². The Balaban J connectivity index is 1.59. The van der Waals surface area contributed by atoms with Gasteiger partial charge in [-0.1, -0.05) is 29.8 Å². The first-order chi connectivity index (χ1) is 12.8. The van der Waals surface area contributed by atoms with Gasteiger partial charge in [0.2, 0.25) is 0 Å². The Morgan fingerprint density at radius 3 is 2.69 bits per heavy atom. The quantitative estimate of drug-likeness (QED) is 0.590. The zero-order valence-corrected chi connectivity index (χ0v) is 16.9. The number of nitrogens with one attached hydrogen (secondary N) is 2. The van der Waals surface area contributed by atoms with Crippen molar-refractivity contribution in [3.05, 3.63) is 35.4 Å². The summed E-state index contributed by atoms with van der Waals surface area (Å²) in [6, 6.07) is 9.24. The van der Waals surface area contributed by atoms with E-state index in [4.69, 9.17) is 4.74 Å². The van der Waals surface area contributed by atoms with Crippen molar-refractivity contribution in [1.82, 2.24) is 15.5 Å². The molecule has 6 heteroatoms. The summed E-state index contributed by atoms with van der Waals surface area (Å²) >= 11 is 2.07. The second kappa shape index (κ2) is 10.2. The van der Waals surface area contributed by atoms with E-state index in [0.717, 1.165) is 50.6 Å². The molecule has 1 aromatic rings. The van der Waals surface area contributed by atoms with Crippen LogP contribution in [0.15, 0.2) is 29.3 Å². The summed E-state index contributed by atoms with van der Waals surface area (Å²) in [5.74, 6) is 2.20. The van der Waals surface area contributed by atoms with Gasteiger partial charge in [0.15, 0.2) is 5.96 Å². The summed E-state index contributed by atoms with van der Waals surface area (Å²) in [4.78, 5) is 6.93. The summed E-state index contributed by atoms with van der Waals surface area (Å²) in [6.07, 6.45) is 2.66. The van der Waals surface area contributed by atoms with E-state index in [1.165, 1.54) is 29.7 Å². The standard InChI is InChI=1S/C20H32N4OS/c1-16-5-7-17(8-6-16)19(24-9-11-25-12-10-24)15-23-20(21-2)22-14-18-4-3-13-26-18/h5-8,18-19H,3-4,9-15H2,1-2H3,(H2,21,22,23). The lowest BCUT2D eigenvalue weighted by Crippen LogP contribution is -2.47. The Hall–Kier alpha value is -1.24. The van der Waals surface area contributed by atoms with Crippen LogP contribution in [0.2, 0.25) is 0 Å². The Morgan fingerprint density at radius 1 is 1.27 bits per heavy atom. The third-order valence-corrected chi connectivity index (χ3v) is 6.55. The molecule has 2 aliphatic heterocycles. The van der Waals surface area contributed by atoms with Gasteiger partial charge in [-0.2, -0.15) is 11.8 Å². The first-order valence-corrected chi connectivity index (χ1v) is 10.8. The highest BCUT2D eigenvalue weighted by molar-refractivity contribution is 8.00. The molecule has 2 fully saturated rings. The van der Waals surface area contributed by atoms with Crippen LogP contribution in [0.3, 0.4) is 0 Å². The van der Waals surface area contributed by atoms with Gasteiger partial charge in [-0.25, -0.2) is 0 Å². The molecule has 0 radical (unpaired) electrons. The number of aryl methyl sites for hydroxylation is 1. The lowest BCUT2D eigenvalue weighted by Gasteiger charge is -2.35. The number of hydrogen-bond acceptors (Lipinski definition) is 4. The molecule has 2 unspecified atom stereocenters. The second-order valence-electron chi connectivity index (χ2n) is 7.04. The van der Waals surface area contributed by atoms with E-state index < -0.39 is 0 Å². The van der Waals surface area contributed by atoms with Crippen LogP contribution in [0.4, 0.5) is 0 Å². The van der Waals surface area contributed by atoms with Crippen molar-refractivity contribution in [2.24, 2.45) is 4.99 Å². The summed E-state index contributed by atoms with van der Waals surface area (Å²) in [7, 11) is 1.85. The molecule has 3 rings (SSSR count). The third kappa shape index (κ3) is 5.63. The van der Waals surface area contributed by atoms with Gasteiger partial charge < -0.3 is 15.4 Å². The molecule has 2 aliphatic rings. The molecular weight excluding hydrogens is 344 g/mol. The van der Waals surface area contributed by atoms with E-state index in [1.807, 2.05) is 7.05 Å². The lowest BCUT2D eigenvalue weighted by atomic mass is 10.0. The summed E-state index contributed by atoms with van der Waals surface area (Å²) in [5, 5.41) is 7.78. The van der Waals surface area contributed by atoms with Gasteiger partial charge in [0, 0.05) is 38.5 Å².